The molecule has 0 radical (unpaired) electrons. The van der Waals surface area contributed by atoms with Crippen LogP contribution in [0.3, 0.4) is 0 Å². The summed E-state index contributed by atoms with van der Waals surface area (Å²) in [6.45, 7) is 9.62. The van der Waals surface area contributed by atoms with Gasteiger partial charge in [0.15, 0.2) is 5.13 Å². The summed E-state index contributed by atoms with van der Waals surface area (Å²) >= 11 is 3.64. The molecule has 110 valence electrons. The molecule has 0 saturated carbocycles. The van der Waals surface area contributed by atoms with Crippen LogP contribution in [0.1, 0.15) is 39.8 Å². The van der Waals surface area contributed by atoms with Gasteiger partial charge in [0.05, 0.1) is 5.69 Å². The van der Waals surface area contributed by atoms with E-state index in [0.29, 0.717) is 6.04 Å². The Labute approximate surface area is 126 Å². The van der Waals surface area contributed by atoms with Crippen molar-refractivity contribution >= 4 is 28.2 Å². The summed E-state index contributed by atoms with van der Waals surface area (Å²) in [5.74, 6) is 1.15. The summed E-state index contributed by atoms with van der Waals surface area (Å²) in [5, 5.41) is 6.77. The maximum Gasteiger partial charge on any atom is 0.185 e. The van der Waals surface area contributed by atoms with E-state index >= 15 is 0 Å². The van der Waals surface area contributed by atoms with Gasteiger partial charge in [-0.2, -0.15) is 11.8 Å². The van der Waals surface area contributed by atoms with Crippen LogP contribution >= 0.6 is 23.1 Å². The second-order valence-corrected chi connectivity index (χ2v) is 7.60. The molecule has 0 spiro atoms. The zero-order valence-corrected chi connectivity index (χ0v) is 14.6. The molecule has 0 bridgehead atoms. The number of nitrogens with one attached hydrogen (secondary N) is 1. The van der Waals surface area contributed by atoms with Crippen LogP contribution in [0.5, 0.6) is 0 Å². The molecule has 19 heavy (non-hydrogen) atoms. The fourth-order valence-electron chi connectivity index (χ4n) is 1.75. The lowest BCUT2D eigenvalue weighted by Gasteiger charge is -2.26. The van der Waals surface area contributed by atoms with Crippen LogP contribution in [-0.4, -0.2) is 35.6 Å². The van der Waals surface area contributed by atoms with Gasteiger partial charge in [0.1, 0.15) is 0 Å². The van der Waals surface area contributed by atoms with Crippen molar-refractivity contribution in [3.8, 4) is 0 Å². The molecule has 0 saturated heterocycles. The first-order valence-corrected chi connectivity index (χ1v) is 9.06. The van der Waals surface area contributed by atoms with Crippen LogP contribution in [0.2, 0.25) is 0 Å². The Bertz CT molecular complexity index is 371. The third kappa shape index (κ3) is 5.71. The van der Waals surface area contributed by atoms with Crippen LogP contribution in [0.4, 0.5) is 5.13 Å². The highest BCUT2D eigenvalue weighted by atomic mass is 32.2. The minimum Gasteiger partial charge on any atom is -0.347 e. The van der Waals surface area contributed by atoms with Crippen molar-refractivity contribution in [1.29, 1.82) is 0 Å². The predicted octanol–water partition coefficient (Wildman–Crippen LogP) is 3.61. The number of nitrogens with zero attached hydrogens (tertiary/aromatic N) is 2. The molecule has 5 heteroatoms. The molecule has 1 heterocycles. The van der Waals surface area contributed by atoms with Gasteiger partial charge in [0.2, 0.25) is 0 Å². The molecule has 1 N–H and O–H groups in total. The summed E-state index contributed by atoms with van der Waals surface area (Å²) in [5.41, 5.74) is 1.28. The average molecular weight is 302 g/mol. The molecule has 1 rings (SSSR count). The van der Waals surface area contributed by atoms with Crippen molar-refractivity contribution in [3.05, 3.63) is 11.1 Å². The van der Waals surface area contributed by atoms with Crippen LogP contribution < -0.4 is 10.2 Å². The zero-order valence-electron chi connectivity index (χ0n) is 13.0. The van der Waals surface area contributed by atoms with E-state index in [1.807, 2.05) is 11.8 Å². The Balaban J connectivity index is 2.62. The van der Waals surface area contributed by atoms with Gasteiger partial charge in [-0.15, -0.1) is 11.3 Å². The molecule has 0 aliphatic carbocycles. The molecule has 1 aromatic rings. The largest absolute Gasteiger partial charge is 0.347 e. The van der Waals surface area contributed by atoms with Gasteiger partial charge in [-0.3, -0.25) is 0 Å². The highest BCUT2D eigenvalue weighted by Gasteiger charge is 2.16. The summed E-state index contributed by atoms with van der Waals surface area (Å²) < 4.78 is 0. The molecular formula is C14H27N3S2. The van der Waals surface area contributed by atoms with E-state index in [1.165, 1.54) is 0 Å². The minimum absolute atomic E-state index is 0.139. The summed E-state index contributed by atoms with van der Waals surface area (Å²) in [6, 6.07) is 0.574. The molecule has 0 amide bonds. The highest BCUT2D eigenvalue weighted by Crippen LogP contribution is 2.23. The lowest BCUT2D eigenvalue weighted by Crippen LogP contribution is -2.35. The van der Waals surface area contributed by atoms with Gasteiger partial charge in [0.25, 0.3) is 0 Å². The Morgan fingerprint density at radius 2 is 2.16 bits per heavy atom. The Morgan fingerprint density at radius 3 is 2.68 bits per heavy atom. The highest BCUT2D eigenvalue weighted by molar-refractivity contribution is 7.98. The maximum absolute atomic E-state index is 4.74. The number of rotatable bonds is 7. The molecule has 0 aromatic carbocycles. The molecule has 1 atom stereocenters. The number of hydrogen-bond donors (Lipinski definition) is 1. The van der Waals surface area contributed by atoms with E-state index in [-0.39, 0.29) is 5.54 Å². The first-order valence-electron chi connectivity index (χ1n) is 6.78. The molecule has 0 aliphatic heterocycles. The number of hydrogen-bond acceptors (Lipinski definition) is 5. The predicted molar refractivity (Wildman–Crippen MR) is 89.6 cm³/mol. The number of anilines is 1. The van der Waals surface area contributed by atoms with E-state index in [4.69, 9.17) is 4.98 Å². The molecule has 1 unspecified atom stereocenters. The van der Waals surface area contributed by atoms with E-state index in [0.717, 1.165) is 29.5 Å². The summed E-state index contributed by atoms with van der Waals surface area (Å²) in [6.07, 6.45) is 3.32. The lowest BCUT2D eigenvalue weighted by molar-refractivity contribution is 0.422. The first-order chi connectivity index (χ1) is 8.87. The number of aromatic nitrogens is 1. The van der Waals surface area contributed by atoms with Crippen LogP contribution in [0, 0.1) is 0 Å². The molecular weight excluding hydrogens is 274 g/mol. The monoisotopic (exact) mass is 301 g/mol. The Morgan fingerprint density at radius 1 is 1.47 bits per heavy atom. The molecule has 1 aromatic heterocycles. The van der Waals surface area contributed by atoms with Crippen LogP contribution in [0.25, 0.3) is 0 Å². The Kier molecular flexibility index (Phi) is 6.63. The first kappa shape index (κ1) is 16.8. The summed E-state index contributed by atoms with van der Waals surface area (Å²) in [4.78, 5) is 7.06. The molecule has 3 nitrogen and oxygen atoms in total. The maximum atomic E-state index is 4.74. The lowest BCUT2D eigenvalue weighted by atomic mass is 10.1. The third-order valence-corrected chi connectivity index (χ3v) is 4.72. The molecule has 0 aliphatic rings. The van der Waals surface area contributed by atoms with Gasteiger partial charge >= 0.3 is 0 Å². The van der Waals surface area contributed by atoms with Crippen molar-refractivity contribution in [2.75, 3.05) is 24.0 Å². The van der Waals surface area contributed by atoms with E-state index < -0.39 is 0 Å². The van der Waals surface area contributed by atoms with Crippen molar-refractivity contribution in [3.63, 3.8) is 0 Å². The SMILES string of the molecule is CCC(CSC)N(C)c1nc(CNC(C)(C)C)cs1. The quantitative estimate of drug-likeness (QED) is 0.833. The van der Waals surface area contributed by atoms with Crippen molar-refractivity contribution in [2.45, 2.75) is 52.2 Å². The fourth-order valence-corrected chi connectivity index (χ4v) is 3.45. The van der Waals surface area contributed by atoms with Gasteiger partial charge in [-0.1, -0.05) is 6.92 Å². The van der Waals surface area contributed by atoms with Crippen LogP contribution in [0.15, 0.2) is 5.38 Å². The van der Waals surface area contributed by atoms with Crippen LogP contribution in [-0.2, 0) is 6.54 Å². The topological polar surface area (TPSA) is 28.2 Å². The van der Waals surface area contributed by atoms with E-state index in [1.54, 1.807) is 11.3 Å². The van der Waals surface area contributed by atoms with Crippen molar-refractivity contribution < 1.29 is 0 Å². The number of thioether (sulfide) groups is 1. The van der Waals surface area contributed by atoms with Crippen molar-refractivity contribution in [1.82, 2.24) is 10.3 Å². The normalized spacial score (nSPS) is 13.6. The standard InChI is InChI=1S/C14H27N3S2/c1-7-12(10-18-6)17(5)13-16-11(9-19-13)8-15-14(2,3)4/h9,12,15H,7-8,10H2,1-6H3. The van der Waals surface area contributed by atoms with E-state index in [2.05, 4.69) is 56.6 Å². The number of thiazole rings is 1. The van der Waals surface area contributed by atoms with E-state index in [9.17, 15) is 0 Å². The average Bonchev–Trinajstić information content (AvgIpc) is 2.80. The second kappa shape index (κ2) is 7.50. The zero-order chi connectivity index (χ0) is 14.5. The van der Waals surface area contributed by atoms with Crippen molar-refractivity contribution in [2.24, 2.45) is 0 Å². The minimum atomic E-state index is 0.139. The van der Waals surface area contributed by atoms with Gasteiger partial charge in [0, 0.05) is 36.3 Å². The second-order valence-electron chi connectivity index (χ2n) is 5.85. The van der Waals surface area contributed by atoms with Gasteiger partial charge in [-0.25, -0.2) is 4.98 Å². The molecule has 0 fully saturated rings. The van der Waals surface area contributed by atoms with Gasteiger partial charge < -0.3 is 10.2 Å². The van der Waals surface area contributed by atoms with Gasteiger partial charge in [-0.05, 0) is 33.4 Å². The summed E-state index contributed by atoms with van der Waals surface area (Å²) in [7, 11) is 2.16. The fraction of sp³-hybridized carbons (Fsp3) is 0.786. The smallest absolute Gasteiger partial charge is 0.185 e. The third-order valence-electron chi connectivity index (χ3n) is 3.02. The Hall–Kier alpha value is -0.260.